The van der Waals surface area contributed by atoms with E-state index in [0.717, 1.165) is 25.3 Å². The summed E-state index contributed by atoms with van der Waals surface area (Å²) in [4.78, 5) is 21.3. The van der Waals surface area contributed by atoms with Crippen molar-refractivity contribution in [2.45, 2.75) is 161 Å². The molecule has 0 radical (unpaired) electrons. The Morgan fingerprint density at radius 2 is 0.875 bits per heavy atom. The number of amides is 1. The first-order valence-electron chi connectivity index (χ1n) is 13.8. The zero-order chi connectivity index (χ0) is 23.5. The molecule has 0 aliphatic rings. The molecule has 0 heterocycles. The van der Waals surface area contributed by atoms with Gasteiger partial charge in [0.25, 0.3) is 12.0 Å². The van der Waals surface area contributed by atoms with Crippen molar-refractivity contribution in [2.75, 3.05) is 0 Å². The van der Waals surface area contributed by atoms with E-state index in [1.54, 1.807) is 0 Å². The fourth-order valence-electron chi connectivity index (χ4n) is 4.26. The lowest BCUT2D eigenvalue weighted by Gasteiger charge is -2.06. The average Bonchev–Trinajstić information content (AvgIpc) is 2.79. The Morgan fingerprint density at radius 1 is 0.594 bits per heavy atom. The van der Waals surface area contributed by atoms with Crippen molar-refractivity contribution in [2.24, 2.45) is 5.10 Å². The second kappa shape index (κ2) is 26.1. The van der Waals surface area contributed by atoms with Gasteiger partial charge in [0.15, 0.2) is 0 Å². The van der Waals surface area contributed by atoms with Gasteiger partial charge in [-0.1, -0.05) is 158 Å². The summed E-state index contributed by atoms with van der Waals surface area (Å²) >= 11 is 0. The zero-order valence-electron chi connectivity index (χ0n) is 21.1. The normalized spacial score (nSPS) is 10.8. The summed E-state index contributed by atoms with van der Waals surface area (Å²) in [5.41, 5.74) is 0. The molecule has 0 unspecified atom stereocenters. The number of hydrogen-bond acceptors (Lipinski definition) is 4. The Kier molecular flexibility index (Phi) is 25.1. The minimum atomic E-state index is -0.545. The topological polar surface area (TPSA) is 70.0 Å². The summed E-state index contributed by atoms with van der Waals surface area (Å²) in [6, 6.07) is 0. The predicted octanol–water partition coefficient (Wildman–Crippen LogP) is 8.84. The SMILES string of the molecule is CCCCCCCCCCCCCCCCCCCCCCCCCC(=O)N(O)N=C=O. The van der Waals surface area contributed by atoms with E-state index in [2.05, 4.69) is 12.0 Å². The molecule has 1 amide bonds. The highest BCUT2D eigenvalue weighted by Crippen LogP contribution is 2.15. The lowest BCUT2D eigenvalue weighted by molar-refractivity contribution is -0.165. The van der Waals surface area contributed by atoms with Crippen LogP contribution in [0, 0.1) is 0 Å². The molecule has 0 bridgehead atoms. The molecule has 1 N–H and O–H groups in total. The van der Waals surface area contributed by atoms with E-state index in [-0.39, 0.29) is 11.6 Å². The van der Waals surface area contributed by atoms with Crippen molar-refractivity contribution in [3.63, 3.8) is 0 Å². The number of hydrogen-bond donors (Lipinski definition) is 1. The van der Waals surface area contributed by atoms with E-state index in [4.69, 9.17) is 5.21 Å². The molecule has 0 spiro atoms. The molecular formula is C27H52N2O3. The third-order valence-corrected chi connectivity index (χ3v) is 6.35. The highest BCUT2D eigenvalue weighted by atomic mass is 16.5. The Balaban J connectivity index is 3.12. The first-order valence-corrected chi connectivity index (χ1v) is 13.8. The van der Waals surface area contributed by atoms with Gasteiger partial charge in [-0.3, -0.25) is 10.0 Å². The summed E-state index contributed by atoms with van der Waals surface area (Å²) in [6.45, 7) is 2.28. The molecule has 0 aliphatic heterocycles. The van der Waals surface area contributed by atoms with Crippen LogP contribution in [0.15, 0.2) is 5.10 Å². The molecule has 5 nitrogen and oxygen atoms in total. The van der Waals surface area contributed by atoms with E-state index in [1.807, 2.05) is 0 Å². The highest BCUT2D eigenvalue weighted by Gasteiger charge is 2.08. The molecule has 0 fully saturated rings. The van der Waals surface area contributed by atoms with Crippen LogP contribution in [0.4, 0.5) is 0 Å². The van der Waals surface area contributed by atoms with Crippen molar-refractivity contribution in [3.05, 3.63) is 0 Å². The highest BCUT2D eigenvalue weighted by molar-refractivity contribution is 5.74. The lowest BCUT2D eigenvalue weighted by Crippen LogP contribution is -2.20. The van der Waals surface area contributed by atoms with Crippen molar-refractivity contribution >= 4 is 12.0 Å². The standard InChI is InChI=1S/C27H52N2O3/c1-2-3-4-5-6-7-8-9-10-11-12-13-14-15-16-17-18-19-20-21-22-23-24-25-27(31)29(32)28-26-30/h32H,2-25H2,1H3. The Labute approximate surface area is 198 Å². The summed E-state index contributed by atoms with van der Waals surface area (Å²) in [5, 5.41) is 12.0. The van der Waals surface area contributed by atoms with Crippen LogP contribution in [0.25, 0.3) is 0 Å². The second-order valence-electron chi connectivity index (χ2n) is 9.40. The monoisotopic (exact) mass is 452 g/mol. The van der Waals surface area contributed by atoms with E-state index >= 15 is 0 Å². The maximum atomic E-state index is 11.4. The molecule has 0 aromatic carbocycles. The average molecular weight is 453 g/mol. The first-order chi connectivity index (χ1) is 15.7. The third-order valence-electron chi connectivity index (χ3n) is 6.35. The van der Waals surface area contributed by atoms with E-state index in [0.29, 0.717) is 0 Å². The number of hydrazone groups is 1. The Hall–Kier alpha value is -1.19. The molecule has 0 aliphatic carbocycles. The molecule has 0 atom stereocenters. The number of carbonyl (C=O) groups excluding carboxylic acids is 2. The molecule has 5 heteroatoms. The van der Waals surface area contributed by atoms with Crippen LogP contribution in [0.2, 0.25) is 0 Å². The van der Waals surface area contributed by atoms with Crippen molar-refractivity contribution in [3.8, 4) is 0 Å². The van der Waals surface area contributed by atoms with Crippen molar-refractivity contribution < 1.29 is 14.8 Å². The fourth-order valence-corrected chi connectivity index (χ4v) is 4.26. The summed E-state index contributed by atoms with van der Waals surface area (Å²) < 4.78 is 0. The van der Waals surface area contributed by atoms with Gasteiger partial charge in [-0.05, 0) is 6.42 Å². The molecule has 0 saturated heterocycles. The van der Waals surface area contributed by atoms with E-state index in [9.17, 15) is 9.59 Å². The maximum Gasteiger partial charge on any atom is 0.269 e. The molecule has 32 heavy (non-hydrogen) atoms. The predicted molar refractivity (Wildman–Crippen MR) is 133 cm³/mol. The first kappa shape index (κ1) is 30.8. The lowest BCUT2D eigenvalue weighted by atomic mass is 10.0. The molecule has 188 valence electrons. The van der Waals surface area contributed by atoms with Gasteiger partial charge < -0.3 is 0 Å². The molecule has 0 saturated carbocycles. The third kappa shape index (κ3) is 23.5. The Bertz CT molecular complexity index is 450. The van der Waals surface area contributed by atoms with Gasteiger partial charge in [-0.15, -0.1) is 0 Å². The number of nitrogens with zero attached hydrogens (tertiary/aromatic N) is 2. The zero-order valence-corrected chi connectivity index (χ0v) is 21.1. The number of hydroxylamine groups is 1. The van der Waals surface area contributed by atoms with Crippen molar-refractivity contribution in [1.82, 2.24) is 5.17 Å². The smallest absolute Gasteiger partial charge is 0.269 e. The molecule has 0 aromatic heterocycles. The molecule has 0 aromatic rings. The van der Waals surface area contributed by atoms with Crippen molar-refractivity contribution in [1.29, 1.82) is 0 Å². The number of rotatable bonds is 25. The van der Waals surface area contributed by atoms with Crippen LogP contribution in [-0.4, -0.2) is 22.4 Å². The number of isocyanates is 1. The minimum absolute atomic E-state index is 0.0883. The van der Waals surface area contributed by atoms with E-state index < -0.39 is 5.91 Å². The van der Waals surface area contributed by atoms with Crippen LogP contribution in [0.5, 0.6) is 0 Å². The van der Waals surface area contributed by atoms with Crippen LogP contribution in [-0.2, 0) is 9.59 Å². The van der Waals surface area contributed by atoms with Gasteiger partial charge in [-0.25, -0.2) is 4.79 Å². The minimum Gasteiger partial charge on any atom is -0.270 e. The van der Waals surface area contributed by atoms with E-state index in [1.165, 1.54) is 128 Å². The summed E-state index contributed by atoms with van der Waals surface area (Å²) in [6.07, 6.45) is 32.1. The van der Waals surface area contributed by atoms with Gasteiger partial charge in [0.1, 0.15) is 0 Å². The maximum absolute atomic E-state index is 11.4. The summed E-state index contributed by atoms with van der Waals surface area (Å²) in [5.74, 6) is -0.545. The second-order valence-corrected chi connectivity index (χ2v) is 9.40. The Morgan fingerprint density at radius 3 is 1.16 bits per heavy atom. The van der Waals surface area contributed by atoms with Gasteiger partial charge in [0.05, 0.1) is 0 Å². The molecular weight excluding hydrogens is 400 g/mol. The van der Waals surface area contributed by atoms with Crippen LogP contribution < -0.4 is 0 Å². The number of carbonyl (C=O) groups is 1. The van der Waals surface area contributed by atoms with Gasteiger partial charge >= 0.3 is 0 Å². The number of unbranched alkanes of at least 4 members (excludes halogenated alkanes) is 22. The van der Waals surface area contributed by atoms with Crippen LogP contribution >= 0.6 is 0 Å². The van der Waals surface area contributed by atoms with Crippen LogP contribution in [0.1, 0.15) is 161 Å². The largest absolute Gasteiger partial charge is 0.270 e. The summed E-state index contributed by atoms with van der Waals surface area (Å²) in [7, 11) is 0. The van der Waals surface area contributed by atoms with Crippen LogP contribution in [0.3, 0.4) is 0 Å². The quantitative estimate of drug-likeness (QED) is 0.0494. The van der Waals surface area contributed by atoms with Gasteiger partial charge in [0.2, 0.25) is 0 Å². The molecule has 0 rings (SSSR count). The fraction of sp³-hybridized carbons (Fsp3) is 0.926. The van der Waals surface area contributed by atoms with Gasteiger partial charge in [0, 0.05) is 6.42 Å². The van der Waals surface area contributed by atoms with Gasteiger partial charge in [-0.2, -0.15) is 0 Å².